The van der Waals surface area contributed by atoms with E-state index in [9.17, 15) is 0 Å². The lowest BCUT2D eigenvalue weighted by molar-refractivity contribution is 0.667. The van der Waals surface area contributed by atoms with E-state index in [1.165, 1.54) is 49.3 Å². The molecule has 0 fully saturated rings. The van der Waals surface area contributed by atoms with Gasteiger partial charge in [0.25, 0.3) is 0 Å². The molecule has 2 aromatic heterocycles. The van der Waals surface area contributed by atoms with Gasteiger partial charge in [0, 0.05) is 27.1 Å². The molecule has 42 heavy (non-hydrogen) atoms. The third kappa shape index (κ3) is 3.11. The van der Waals surface area contributed by atoms with Crippen molar-refractivity contribution in [3.63, 3.8) is 0 Å². The van der Waals surface area contributed by atoms with Gasteiger partial charge in [-0.05, 0) is 63.4 Å². The lowest BCUT2D eigenvalue weighted by Crippen LogP contribution is -2.15. The van der Waals surface area contributed by atoms with Crippen LogP contribution in [0.4, 0.5) is 0 Å². The van der Waals surface area contributed by atoms with Gasteiger partial charge in [0.15, 0.2) is 5.82 Å². The first-order valence-corrected chi connectivity index (χ1v) is 14.5. The molecule has 0 aliphatic heterocycles. The summed E-state index contributed by atoms with van der Waals surface area (Å²) in [5.74, 6) is 1.64. The summed E-state index contributed by atoms with van der Waals surface area (Å²) in [7, 11) is 0. The summed E-state index contributed by atoms with van der Waals surface area (Å²) >= 11 is 0. The summed E-state index contributed by atoms with van der Waals surface area (Å²) in [5.41, 5.74) is 9.55. The van der Waals surface area contributed by atoms with Gasteiger partial charge in [-0.3, -0.25) is 4.57 Å². The minimum Gasteiger partial charge on any atom is -0.293 e. The fraction of sp³-hybridized carbons (Fsp3) is 0.0769. The summed E-state index contributed by atoms with van der Waals surface area (Å²) in [6.07, 6.45) is 0. The number of para-hydroxylation sites is 2. The number of fused-ring (bicyclic) bond motifs is 9. The third-order valence-corrected chi connectivity index (χ3v) is 9.16. The molecule has 0 amide bonds. The number of hydrogen-bond donors (Lipinski definition) is 0. The van der Waals surface area contributed by atoms with Crippen molar-refractivity contribution >= 4 is 43.5 Å². The van der Waals surface area contributed by atoms with Crippen molar-refractivity contribution < 1.29 is 0 Å². The van der Waals surface area contributed by atoms with Crippen LogP contribution in [0.2, 0.25) is 0 Å². The molecule has 0 bridgehead atoms. The maximum atomic E-state index is 5.28. The molecule has 198 valence electrons. The van der Waals surface area contributed by atoms with Gasteiger partial charge in [0.1, 0.15) is 5.82 Å². The van der Waals surface area contributed by atoms with Gasteiger partial charge >= 0.3 is 0 Å². The minimum absolute atomic E-state index is 0.149. The molecule has 0 saturated carbocycles. The van der Waals surface area contributed by atoms with Crippen LogP contribution in [0, 0.1) is 0 Å². The Labute approximate surface area is 243 Å². The lowest BCUT2D eigenvalue weighted by Gasteiger charge is -2.23. The Morgan fingerprint density at radius 3 is 2.12 bits per heavy atom. The smallest absolute Gasteiger partial charge is 0.162 e. The molecule has 0 radical (unpaired) electrons. The van der Waals surface area contributed by atoms with Crippen molar-refractivity contribution in [2.75, 3.05) is 0 Å². The van der Waals surface area contributed by atoms with Crippen molar-refractivity contribution in [3.8, 4) is 28.3 Å². The Balaban J connectivity index is 1.40. The van der Waals surface area contributed by atoms with Crippen LogP contribution in [0.3, 0.4) is 0 Å². The van der Waals surface area contributed by atoms with Gasteiger partial charge in [-0.2, -0.15) is 0 Å². The molecule has 0 spiro atoms. The Morgan fingerprint density at radius 1 is 0.548 bits per heavy atom. The molecule has 1 aliphatic carbocycles. The Hall–Kier alpha value is -5.28. The van der Waals surface area contributed by atoms with Crippen molar-refractivity contribution in [2.24, 2.45) is 0 Å². The van der Waals surface area contributed by atoms with Crippen LogP contribution in [-0.4, -0.2) is 14.5 Å². The largest absolute Gasteiger partial charge is 0.293 e. The molecule has 3 heteroatoms. The van der Waals surface area contributed by atoms with E-state index in [2.05, 4.69) is 128 Å². The molecule has 0 atom stereocenters. The zero-order valence-electron chi connectivity index (χ0n) is 23.5. The molecule has 0 N–H and O–H groups in total. The monoisotopic (exact) mass is 537 g/mol. The molecule has 6 aromatic carbocycles. The zero-order valence-corrected chi connectivity index (χ0v) is 23.5. The highest BCUT2D eigenvalue weighted by molar-refractivity contribution is 6.13. The van der Waals surface area contributed by atoms with E-state index in [1.54, 1.807) is 0 Å². The Kier molecular flexibility index (Phi) is 4.67. The highest BCUT2D eigenvalue weighted by atomic mass is 15.1. The lowest BCUT2D eigenvalue weighted by atomic mass is 9.80. The summed E-state index contributed by atoms with van der Waals surface area (Å²) in [6, 6.07) is 45.6. The van der Waals surface area contributed by atoms with E-state index in [-0.39, 0.29) is 5.41 Å². The summed E-state index contributed by atoms with van der Waals surface area (Å²) in [4.78, 5) is 10.3. The molecule has 2 heterocycles. The van der Waals surface area contributed by atoms with Crippen LogP contribution < -0.4 is 0 Å². The van der Waals surface area contributed by atoms with E-state index in [0.29, 0.717) is 0 Å². The zero-order chi connectivity index (χ0) is 28.0. The van der Waals surface area contributed by atoms with Gasteiger partial charge in [-0.15, -0.1) is 0 Å². The van der Waals surface area contributed by atoms with Crippen LogP contribution in [0.5, 0.6) is 0 Å². The van der Waals surface area contributed by atoms with Crippen LogP contribution in [0.25, 0.3) is 71.8 Å². The van der Waals surface area contributed by atoms with Crippen molar-refractivity contribution in [1.82, 2.24) is 14.5 Å². The average molecular weight is 538 g/mol. The van der Waals surface area contributed by atoms with E-state index < -0.39 is 0 Å². The van der Waals surface area contributed by atoms with Crippen LogP contribution in [-0.2, 0) is 5.41 Å². The topological polar surface area (TPSA) is 30.7 Å². The van der Waals surface area contributed by atoms with Gasteiger partial charge in [-0.25, -0.2) is 9.97 Å². The first-order chi connectivity index (χ1) is 20.6. The summed E-state index contributed by atoms with van der Waals surface area (Å²) in [5, 5.41) is 6.13. The average Bonchev–Trinajstić information content (AvgIpc) is 3.48. The fourth-order valence-corrected chi connectivity index (χ4v) is 7.23. The second-order valence-corrected chi connectivity index (χ2v) is 11.9. The van der Waals surface area contributed by atoms with Gasteiger partial charge in [0.05, 0.1) is 16.6 Å². The summed E-state index contributed by atoms with van der Waals surface area (Å²) in [6.45, 7) is 4.74. The second kappa shape index (κ2) is 8.37. The molecule has 9 rings (SSSR count). The van der Waals surface area contributed by atoms with Gasteiger partial charge in [0.2, 0.25) is 0 Å². The van der Waals surface area contributed by atoms with Crippen LogP contribution in [0.1, 0.15) is 25.0 Å². The van der Waals surface area contributed by atoms with E-state index in [0.717, 1.165) is 33.6 Å². The number of benzene rings is 6. The molecule has 3 nitrogen and oxygen atoms in total. The van der Waals surface area contributed by atoms with E-state index >= 15 is 0 Å². The quantitative estimate of drug-likeness (QED) is 0.220. The molecule has 0 saturated heterocycles. The normalized spacial score (nSPS) is 13.7. The predicted molar refractivity (Wildman–Crippen MR) is 174 cm³/mol. The molecular formula is C39H27N3. The van der Waals surface area contributed by atoms with E-state index in [1.807, 2.05) is 18.2 Å². The summed E-state index contributed by atoms with van der Waals surface area (Å²) < 4.78 is 2.36. The minimum atomic E-state index is -0.149. The Bertz CT molecular complexity index is 2380. The molecular weight excluding hydrogens is 510 g/mol. The first-order valence-electron chi connectivity index (χ1n) is 14.5. The first kappa shape index (κ1) is 23.4. The molecule has 8 aromatic rings. The molecule has 0 unspecified atom stereocenters. The molecule has 1 aliphatic rings. The maximum absolute atomic E-state index is 5.28. The highest BCUT2D eigenvalue weighted by Gasteiger charge is 2.37. The van der Waals surface area contributed by atoms with Gasteiger partial charge in [-0.1, -0.05) is 111 Å². The van der Waals surface area contributed by atoms with Crippen molar-refractivity contribution in [1.29, 1.82) is 0 Å². The fourth-order valence-electron chi connectivity index (χ4n) is 7.23. The van der Waals surface area contributed by atoms with Crippen LogP contribution >= 0.6 is 0 Å². The van der Waals surface area contributed by atoms with E-state index in [4.69, 9.17) is 9.97 Å². The predicted octanol–water partition coefficient (Wildman–Crippen LogP) is 9.85. The number of nitrogens with zero attached hydrogens (tertiary/aromatic N) is 3. The number of hydrogen-bond acceptors (Lipinski definition) is 2. The van der Waals surface area contributed by atoms with Crippen molar-refractivity contribution in [2.45, 2.75) is 19.3 Å². The highest BCUT2D eigenvalue weighted by Crippen LogP contribution is 2.53. The Morgan fingerprint density at radius 2 is 1.26 bits per heavy atom. The standard InChI is InChI=1S/C39H27N3/c1-39(2)32-23-35-31(22-30(32)28-21-20-24-12-6-7-15-26(24)36(28)39)27-16-9-11-19-34(27)42(35)38-29-17-8-10-18-33(29)40-37(41-38)25-13-4-3-5-14-25/h3-23H,1-2H3. The third-order valence-electron chi connectivity index (χ3n) is 9.16. The SMILES string of the molecule is CC1(C)c2cc3c(cc2-c2ccc4ccccc4c21)c1ccccc1n3-c1nc(-c2ccccc2)nc2ccccc12. The van der Waals surface area contributed by atoms with Crippen molar-refractivity contribution in [3.05, 3.63) is 139 Å². The maximum Gasteiger partial charge on any atom is 0.162 e. The van der Waals surface area contributed by atoms with Crippen LogP contribution in [0.15, 0.2) is 127 Å². The second-order valence-electron chi connectivity index (χ2n) is 11.9. The number of aromatic nitrogens is 3. The number of rotatable bonds is 2. The van der Waals surface area contributed by atoms with Gasteiger partial charge < -0.3 is 0 Å².